The van der Waals surface area contributed by atoms with Gasteiger partial charge in [-0.05, 0) is 30.9 Å². The lowest BCUT2D eigenvalue weighted by atomic mass is 10.2. The molecule has 0 atom stereocenters. The first-order valence-electron chi connectivity index (χ1n) is 6.80. The van der Waals surface area contributed by atoms with Crippen molar-refractivity contribution in [1.82, 2.24) is 4.98 Å². The molecule has 110 valence electrons. The van der Waals surface area contributed by atoms with Gasteiger partial charge in [0.1, 0.15) is 6.61 Å². The fraction of sp³-hybridized carbons (Fsp3) is 0.333. The summed E-state index contributed by atoms with van der Waals surface area (Å²) in [7, 11) is 0. The van der Waals surface area contributed by atoms with Crippen LogP contribution in [0.5, 0.6) is 0 Å². The molecular weight excluding hydrogens is 308 g/mol. The second-order valence-corrected chi connectivity index (χ2v) is 6.35. The van der Waals surface area contributed by atoms with E-state index in [1.165, 1.54) is 24.2 Å². The van der Waals surface area contributed by atoms with Gasteiger partial charge < -0.3 is 4.74 Å². The maximum Gasteiger partial charge on any atom is 0.252 e. The fourth-order valence-electron chi connectivity index (χ4n) is 1.87. The van der Waals surface area contributed by atoms with Gasteiger partial charge >= 0.3 is 0 Å². The maximum atomic E-state index is 11.7. The normalized spacial score (nSPS) is 14.1. The Balaban J connectivity index is 1.55. The molecular formula is C15H15ClN2O2S. The zero-order valence-electron chi connectivity index (χ0n) is 11.3. The summed E-state index contributed by atoms with van der Waals surface area (Å²) < 4.78 is 5.35. The summed E-state index contributed by atoms with van der Waals surface area (Å²) in [5.74, 6) is 0.495. The largest absolute Gasteiger partial charge is 0.371 e. The van der Waals surface area contributed by atoms with Gasteiger partial charge in [0.05, 0.1) is 12.3 Å². The van der Waals surface area contributed by atoms with Crippen LogP contribution in [0.1, 0.15) is 12.8 Å². The Bertz CT molecular complexity index is 640. The van der Waals surface area contributed by atoms with Crippen LogP contribution in [0.3, 0.4) is 0 Å². The van der Waals surface area contributed by atoms with Crippen molar-refractivity contribution < 1.29 is 9.53 Å². The van der Waals surface area contributed by atoms with E-state index in [-0.39, 0.29) is 12.5 Å². The number of rotatable bonds is 6. The van der Waals surface area contributed by atoms with Crippen molar-refractivity contribution in [1.29, 1.82) is 0 Å². The number of carbonyl (C=O) groups excluding carboxylic acids is 1. The van der Waals surface area contributed by atoms with Crippen LogP contribution in [0.15, 0.2) is 29.6 Å². The number of thiazole rings is 1. The molecule has 1 amide bonds. The fourth-order valence-corrected chi connectivity index (χ4v) is 2.80. The molecule has 1 heterocycles. The number of benzene rings is 1. The van der Waals surface area contributed by atoms with E-state index < -0.39 is 0 Å². The molecule has 0 spiro atoms. The molecule has 0 bridgehead atoms. The molecule has 1 N–H and O–H groups in total. The number of amides is 1. The molecule has 1 saturated carbocycles. The molecule has 0 aliphatic heterocycles. The Morgan fingerprint density at radius 2 is 2.33 bits per heavy atom. The minimum atomic E-state index is -0.164. The van der Waals surface area contributed by atoms with Gasteiger partial charge in [0.15, 0.2) is 5.13 Å². The molecule has 1 aliphatic rings. The molecule has 2 aromatic rings. The van der Waals surface area contributed by atoms with E-state index in [0.717, 1.165) is 11.3 Å². The Kier molecular flexibility index (Phi) is 4.53. The predicted molar refractivity (Wildman–Crippen MR) is 84.7 cm³/mol. The van der Waals surface area contributed by atoms with Crippen molar-refractivity contribution in [2.75, 3.05) is 18.5 Å². The van der Waals surface area contributed by atoms with E-state index >= 15 is 0 Å². The van der Waals surface area contributed by atoms with Crippen molar-refractivity contribution in [2.45, 2.75) is 12.8 Å². The zero-order chi connectivity index (χ0) is 14.7. The highest BCUT2D eigenvalue weighted by atomic mass is 35.5. The molecule has 0 saturated heterocycles. The van der Waals surface area contributed by atoms with Crippen molar-refractivity contribution in [3.8, 4) is 11.3 Å². The molecule has 0 radical (unpaired) electrons. The van der Waals surface area contributed by atoms with Gasteiger partial charge in [-0.1, -0.05) is 23.7 Å². The Hall–Kier alpha value is -1.43. The molecule has 4 nitrogen and oxygen atoms in total. The number of hydrogen-bond acceptors (Lipinski definition) is 4. The lowest BCUT2D eigenvalue weighted by Crippen LogP contribution is -2.18. The first kappa shape index (κ1) is 14.5. The monoisotopic (exact) mass is 322 g/mol. The smallest absolute Gasteiger partial charge is 0.252 e. The number of hydrogen-bond donors (Lipinski definition) is 1. The van der Waals surface area contributed by atoms with Crippen molar-refractivity contribution in [3.63, 3.8) is 0 Å². The molecule has 1 fully saturated rings. The molecule has 1 aromatic heterocycles. The average Bonchev–Trinajstić information content (AvgIpc) is 3.16. The lowest BCUT2D eigenvalue weighted by molar-refractivity contribution is -0.120. The number of ether oxygens (including phenoxy) is 1. The Labute approximate surface area is 132 Å². The molecule has 1 aromatic carbocycles. The van der Waals surface area contributed by atoms with Crippen LogP contribution in [0, 0.1) is 5.92 Å². The third-order valence-electron chi connectivity index (χ3n) is 3.15. The standard InChI is InChI=1S/C15H15ClN2O2S/c16-12-3-1-2-11(6-12)13-9-21-15(17-13)18-14(19)8-20-7-10-4-5-10/h1-3,6,9-10H,4-5,7-8H2,(H,17,18,19). The summed E-state index contributed by atoms with van der Waals surface area (Å²) in [5, 5.41) is 5.89. The Morgan fingerprint density at radius 1 is 1.48 bits per heavy atom. The van der Waals surface area contributed by atoms with Gasteiger partial charge in [0, 0.05) is 16.0 Å². The van der Waals surface area contributed by atoms with Crippen molar-refractivity contribution in [3.05, 3.63) is 34.7 Å². The first-order valence-corrected chi connectivity index (χ1v) is 8.05. The lowest BCUT2D eigenvalue weighted by Gasteiger charge is -2.02. The van der Waals surface area contributed by atoms with Gasteiger partial charge in [0.2, 0.25) is 0 Å². The van der Waals surface area contributed by atoms with E-state index in [1.807, 2.05) is 29.6 Å². The number of nitrogens with one attached hydrogen (secondary N) is 1. The highest BCUT2D eigenvalue weighted by molar-refractivity contribution is 7.14. The molecule has 21 heavy (non-hydrogen) atoms. The van der Waals surface area contributed by atoms with Crippen LogP contribution in [-0.2, 0) is 9.53 Å². The van der Waals surface area contributed by atoms with E-state index in [0.29, 0.717) is 22.7 Å². The quantitative estimate of drug-likeness (QED) is 0.879. The number of aromatic nitrogens is 1. The topological polar surface area (TPSA) is 51.2 Å². The third-order valence-corrected chi connectivity index (χ3v) is 4.15. The van der Waals surface area contributed by atoms with Crippen LogP contribution in [0.2, 0.25) is 5.02 Å². The second-order valence-electron chi connectivity index (χ2n) is 5.05. The zero-order valence-corrected chi connectivity index (χ0v) is 12.9. The highest BCUT2D eigenvalue weighted by Gasteiger charge is 2.21. The summed E-state index contributed by atoms with van der Waals surface area (Å²) in [4.78, 5) is 16.1. The Morgan fingerprint density at radius 3 is 3.10 bits per heavy atom. The van der Waals surface area contributed by atoms with Crippen molar-refractivity contribution >= 4 is 34.0 Å². The number of carbonyl (C=O) groups is 1. The summed E-state index contributed by atoms with van der Waals surface area (Å²) in [6, 6.07) is 7.48. The van der Waals surface area contributed by atoms with Crippen LogP contribution >= 0.6 is 22.9 Å². The van der Waals surface area contributed by atoms with Crippen molar-refractivity contribution in [2.24, 2.45) is 5.92 Å². The molecule has 0 unspecified atom stereocenters. The SMILES string of the molecule is O=C(COCC1CC1)Nc1nc(-c2cccc(Cl)c2)cs1. The van der Waals surface area contributed by atoms with Gasteiger partial charge in [-0.25, -0.2) is 4.98 Å². The predicted octanol–water partition coefficient (Wildman–Crippen LogP) is 3.83. The number of halogens is 1. The van der Waals surface area contributed by atoms with Gasteiger partial charge in [-0.2, -0.15) is 0 Å². The first-order chi connectivity index (χ1) is 10.2. The van der Waals surface area contributed by atoms with Gasteiger partial charge in [0.25, 0.3) is 5.91 Å². The third kappa shape index (κ3) is 4.27. The van der Waals surface area contributed by atoms with Crippen LogP contribution < -0.4 is 5.32 Å². The highest BCUT2D eigenvalue weighted by Crippen LogP contribution is 2.29. The minimum Gasteiger partial charge on any atom is -0.371 e. The summed E-state index contributed by atoms with van der Waals surface area (Å²) in [5.41, 5.74) is 1.74. The average molecular weight is 323 g/mol. The number of anilines is 1. The summed E-state index contributed by atoms with van der Waals surface area (Å²) >= 11 is 7.35. The van der Waals surface area contributed by atoms with Crippen LogP contribution in [0.25, 0.3) is 11.3 Å². The van der Waals surface area contributed by atoms with E-state index in [2.05, 4.69) is 10.3 Å². The van der Waals surface area contributed by atoms with E-state index in [4.69, 9.17) is 16.3 Å². The molecule has 6 heteroatoms. The maximum absolute atomic E-state index is 11.7. The molecule has 1 aliphatic carbocycles. The minimum absolute atomic E-state index is 0.0859. The van der Waals surface area contributed by atoms with Gasteiger partial charge in [-0.3, -0.25) is 10.1 Å². The van der Waals surface area contributed by atoms with E-state index in [9.17, 15) is 4.79 Å². The van der Waals surface area contributed by atoms with Crippen LogP contribution in [0.4, 0.5) is 5.13 Å². The van der Waals surface area contributed by atoms with Crippen LogP contribution in [-0.4, -0.2) is 24.1 Å². The molecule has 3 rings (SSSR count). The summed E-state index contributed by atoms with van der Waals surface area (Å²) in [6.45, 7) is 0.766. The summed E-state index contributed by atoms with van der Waals surface area (Å²) in [6.07, 6.45) is 2.44. The van der Waals surface area contributed by atoms with Gasteiger partial charge in [-0.15, -0.1) is 11.3 Å². The van der Waals surface area contributed by atoms with E-state index in [1.54, 1.807) is 0 Å². The second kappa shape index (κ2) is 6.56. The number of nitrogens with zero attached hydrogens (tertiary/aromatic N) is 1.